The van der Waals surface area contributed by atoms with Gasteiger partial charge in [0.05, 0.1) is 0 Å². The van der Waals surface area contributed by atoms with Crippen LogP contribution in [0, 0.1) is 12.7 Å². The average molecular weight is 250 g/mol. The highest BCUT2D eigenvalue weighted by Gasteiger charge is 2.25. The summed E-state index contributed by atoms with van der Waals surface area (Å²) in [6, 6.07) is 1.51. The van der Waals surface area contributed by atoms with Gasteiger partial charge in [-0.2, -0.15) is 8.78 Å². The highest BCUT2D eigenvalue weighted by atomic mass is 19.3. The number of carbonyl (C=O) groups is 1. The summed E-state index contributed by atoms with van der Waals surface area (Å²) in [5, 5.41) is 17.9. The molecular weight excluding hydrogens is 241 g/mol. The number of hydrogen-bond acceptors (Lipinski definition) is 3. The van der Waals surface area contributed by atoms with Crippen LogP contribution in [0.5, 0.6) is 5.75 Å². The van der Waals surface area contributed by atoms with Crippen LogP contribution in [0.1, 0.15) is 17.2 Å². The molecule has 0 radical (unpaired) electrons. The van der Waals surface area contributed by atoms with Gasteiger partial charge in [0.1, 0.15) is 11.6 Å². The maximum Gasteiger partial charge on any atom is 0.387 e. The van der Waals surface area contributed by atoms with E-state index < -0.39 is 30.3 Å². The van der Waals surface area contributed by atoms with Gasteiger partial charge >= 0.3 is 12.6 Å². The van der Waals surface area contributed by atoms with E-state index in [-0.39, 0.29) is 11.1 Å². The van der Waals surface area contributed by atoms with Gasteiger partial charge in [0.25, 0.3) is 0 Å². The zero-order valence-electron chi connectivity index (χ0n) is 8.65. The van der Waals surface area contributed by atoms with Crippen molar-refractivity contribution in [2.24, 2.45) is 0 Å². The third-order valence-corrected chi connectivity index (χ3v) is 2.04. The summed E-state index contributed by atoms with van der Waals surface area (Å²) >= 11 is 0. The van der Waals surface area contributed by atoms with E-state index in [4.69, 9.17) is 5.11 Å². The number of ether oxygens (including phenoxy) is 1. The lowest BCUT2D eigenvalue weighted by Crippen LogP contribution is -2.15. The second kappa shape index (κ2) is 5.05. The van der Waals surface area contributed by atoms with E-state index in [0.717, 1.165) is 6.07 Å². The summed E-state index contributed by atoms with van der Waals surface area (Å²) in [6.07, 6.45) is -2.05. The predicted molar refractivity (Wildman–Crippen MR) is 50.4 cm³/mol. The Kier molecular flexibility index (Phi) is 3.95. The van der Waals surface area contributed by atoms with Gasteiger partial charge in [-0.15, -0.1) is 0 Å². The van der Waals surface area contributed by atoms with Crippen LogP contribution in [0.3, 0.4) is 0 Å². The monoisotopic (exact) mass is 250 g/mol. The first-order valence-electron chi connectivity index (χ1n) is 4.48. The summed E-state index contributed by atoms with van der Waals surface area (Å²) in [5.74, 6) is -3.19. The number of carboxylic acid groups (broad SMARTS) is 1. The topological polar surface area (TPSA) is 66.8 Å². The fourth-order valence-corrected chi connectivity index (χ4v) is 1.39. The van der Waals surface area contributed by atoms with Gasteiger partial charge in [-0.25, -0.2) is 9.18 Å². The molecule has 94 valence electrons. The lowest BCUT2D eigenvalue weighted by molar-refractivity contribution is -0.147. The molecule has 0 saturated carbocycles. The van der Waals surface area contributed by atoms with Crippen LogP contribution in [0.15, 0.2) is 12.1 Å². The number of hydrogen-bond donors (Lipinski definition) is 2. The molecule has 1 atom stereocenters. The SMILES string of the molecule is Cc1cc(F)cc(OC(F)F)c1C(O)C(=O)O. The number of benzene rings is 1. The van der Waals surface area contributed by atoms with Crippen LogP contribution in [-0.4, -0.2) is 22.8 Å². The zero-order chi connectivity index (χ0) is 13.2. The third-order valence-electron chi connectivity index (χ3n) is 2.04. The number of aryl methyl sites for hydroxylation is 1. The maximum atomic E-state index is 13.0. The molecule has 1 aromatic carbocycles. The molecule has 0 saturated heterocycles. The first-order chi connectivity index (χ1) is 7.82. The molecule has 0 fully saturated rings. The van der Waals surface area contributed by atoms with Crippen molar-refractivity contribution in [3.05, 3.63) is 29.1 Å². The Balaban J connectivity index is 3.29. The Labute approximate surface area is 94.3 Å². The van der Waals surface area contributed by atoms with Crippen molar-refractivity contribution < 1.29 is 32.9 Å². The Morgan fingerprint density at radius 1 is 1.41 bits per heavy atom. The van der Waals surface area contributed by atoms with Crippen LogP contribution in [-0.2, 0) is 4.79 Å². The van der Waals surface area contributed by atoms with Gasteiger partial charge in [0.2, 0.25) is 0 Å². The predicted octanol–water partition coefficient (Wildman–Crippen LogP) is 1.85. The highest BCUT2D eigenvalue weighted by molar-refractivity contribution is 5.76. The molecule has 0 spiro atoms. The van der Waals surface area contributed by atoms with E-state index in [9.17, 15) is 23.1 Å². The summed E-state index contributed by atoms with van der Waals surface area (Å²) in [5.41, 5.74) is -0.380. The van der Waals surface area contributed by atoms with Gasteiger partial charge in [0, 0.05) is 11.6 Å². The van der Waals surface area contributed by atoms with Crippen LogP contribution < -0.4 is 4.74 Å². The van der Waals surface area contributed by atoms with E-state index in [1.807, 2.05) is 0 Å². The van der Waals surface area contributed by atoms with E-state index in [1.165, 1.54) is 6.92 Å². The Bertz CT molecular complexity index is 434. The van der Waals surface area contributed by atoms with Crippen LogP contribution in [0.2, 0.25) is 0 Å². The van der Waals surface area contributed by atoms with Gasteiger partial charge < -0.3 is 14.9 Å². The molecule has 0 aromatic heterocycles. The fraction of sp³-hybridized carbons (Fsp3) is 0.300. The number of rotatable bonds is 4. The molecule has 4 nitrogen and oxygen atoms in total. The second-order valence-electron chi connectivity index (χ2n) is 3.25. The van der Waals surface area contributed by atoms with Crippen molar-refractivity contribution in [1.82, 2.24) is 0 Å². The van der Waals surface area contributed by atoms with Crippen molar-refractivity contribution in [1.29, 1.82) is 0 Å². The fourth-order valence-electron chi connectivity index (χ4n) is 1.39. The smallest absolute Gasteiger partial charge is 0.387 e. The number of aliphatic hydroxyl groups is 1. The van der Waals surface area contributed by atoms with Gasteiger partial charge in [-0.3, -0.25) is 0 Å². The molecule has 2 N–H and O–H groups in total. The van der Waals surface area contributed by atoms with Crippen LogP contribution >= 0.6 is 0 Å². The quantitative estimate of drug-likeness (QED) is 0.855. The van der Waals surface area contributed by atoms with E-state index >= 15 is 0 Å². The molecule has 0 bridgehead atoms. The lowest BCUT2D eigenvalue weighted by Gasteiger charge is -2.15. The molecule has 1 unspecified atom stereocenters. The van der Waals surface area contributed by atoms with Crippen LogP contribution in [0.25, 0.3) is 0 Å². The third kappa shape index (κ3) is 3.10. The van der Waals surface area contributed by atoms with Crippen molar-refractivity contribution in [2.45, 2.75) is 19.6 Å². The van der Waals surface area contributed by atoms with Gasteiger partial charge in [0.15, 0.2) is 6.10 Å². The Hall–Kier alpha value is -1.76. The van der Waals surface area contributed by atoms with E-state index in [2.05, 4.69) is 4.74 Å². The number of aliphatic hydroxyl groups excluding tert-OH is 1. The van der Waals surface area contributed by atoms with Gasteiger partial charge in [-0.1, -0.05) is 0 Å². The summed E-state index contributed by atoms with van der Waals surface area (Å²) in [6.45, 7) is -1.96. The molecule has 17 heavy (non-hydrogen) atoms. The number of alkyl halides is 2. The molecule has 0 heterocycles. The molecule has 1 aromatic rings. The minimum Gasteiger partial charge on any atom is -0.479 e. The maximum absolute atomic E-state index is 13.0. The lowest BCUT2D eigenvalue weighted by atomic mass is 10.0. The van der Waals surface area contributed by atoms with Crippen molar-refractivity contribution in [3.63, 3.8) is 0 Å². The highest BCUT2D eigenvalue weighted by Crippen LogP contribution is 2.31. The number of aliphatic carboxylic acids is 1. The minimum atomic E-state index is -3.24. The van der Waals surface area contributed by atoms with Crippen molar-refractivity contribution >= 4 is 5.97 Å². The van der Waals surface area contributed by atoms with Crippen molar-refractivity contribution in [3.8, 4) is 5.75 Å². The molecule has 1 rings (SSSR count). The first-order valence-corrected chi connectivity index (χ1v) is 4.48. The number of carboxylic acids is 1. The zero-order valence-corrected chi connectivity index (χ0v) is 8.65. The average Bonchev–Trinajstić information content (AvgIpc) is 2.14. The Morgan fingerprint density at radius 2 is 2.00 bits per heavy atom. The summed E-state index contributed by atoms with van der Waals surface area (Å²) in [7, 11) is 0. The first kappa shape index (κ1) is 13.3. The van der Waals surface area contributed by atoms with Crippen LogP contribution in [0.4, 0.5) is 13.2 Å². The normalized spacial score (nSPS) is 12.6. The van der Waals surface area contributed by atoms with E-state index in [0.29, 0.717) is 6.07 Å². The molecular formula is C10H9F3O4. The molecule has 0 aliphatic rings. The largest absolute Gasteiger partial charge is 0.479 e. The van der Waals surface area contributed by atoms with E-state index in [1.54, 1.807) is 0 Å². The number of halogens is 3. The molecule has 0 aliphatic carbocycles. The summed E-state index contributed by atoms with van der Waals surface area (Å²) < 4.78 is 41.1. The Morgan fingerprint density at radius 3 is 2.47 bits per heavy atom. The molecule has 0 aliphatic heterocycles. The second-order valence-corrected chi connectivity index (χ2v) is 3.25. The van der Waals surface area contributed by atoms with Gasteiger partial charge in [-0.05, 0) is 18.6 Å². The van der Waals surface area contributed by atoms with Crippen molar-refractivity contribution in [2.75, 3.05) is 0 Å². The molecule has 0 amide bonds. The minimum absolute atomic E-state index is 0.00977. The molecule has 7 heteroatoms. The summed E-state index contributed by atoms with van der Waals surface area (Å²) in [4.78, 5) is 10.6. The standard InChI is InChI=1S/C10H9F3O4/c1-4-2-5(11)3-6(17-10(12)13)7(4)8(14)9(15)16/h2-3,8,10,14H,1H3,(H,15,16).